The third-order valence-corrected chi connectivity index (χ3v) is 0. The zero-order valence-corrected chi connectivity index (χ0v) is 11.0. The van der Waals surface area contributed by atoms with Gasteiger partial charge in [0.2, 0.25) is 0 Å². The number of hydrogen-bond acceptors (Lipinski definition) is 0. The molecule has 10 heteroatoms. The van der Waals surface area contributed by atoms with Gasteiger partial charge in [0, 0.05) is 112 Å². The van der Waals surface area contributed by atoms with Crippen molar-refractivity contribution in [2.45, 2.75) is 0 Å². The Morgan fingerprint density at radius 1 is 0.200 bits per heavy atom. The average molecular weight is 619 g/mol. The van der Waals surface area contributed by atoms with Crippen molar-refractivity contribution in [1.82, 2.24) is 0 Å². The molecule has 0 fully saturated rings. The third-order valence-electron chi connectivity index (χ3n) is 0. The normalized spacial score (nSPS) is 0. The zero-order chi connectivity index (χ0) is 0. The first-order valence-corrected chi connectivity index (χ1v) is 0. The van der Waals surface area contributed by atoms with Gasteiger partial charge >= 0.3 is 0 Å². The van der Waals surface area contributed by atoms with Gasteiger partial charge < -0.3 is 27.4 Å². The first kappa shape index (κ1) is 172. The van der Waals surface area contributed by atoms with Gasteiger partial charge in [0.25, 0.3) is 0 Å². The largest absolute Gasteiger partial charge is 2.00 e. The molecule has 0 N–H and O–H groups in total. The van der Waals surface area contributed by atoms with Gasteiger partial charge in [-0.05, 0) is 0 Å². The number of hydrogen-bond donors (Lipinski definition) is 0. The molecule has 0 spiro atoms. The van der Waals surface area contributed by atoms with Crippen molar-refractivity contribution < 1.29 is 139 Å². The Bertz CT molecular complexity index is 10.0. The van der Waals surface area contributed by atoms with Gasteiger partial charge in [-0.15, -0.1) is 0 Å². The summed E-state index contributed by atoms with van der Waals surface area (Å²) in [5.41, 5.74) is 0. The molecular weight excluding hydrogens is 619 g/mol. The Morgan fingerprint density at radius 3 is 0.200 bits per heavy atom. The first-order chi connectivity index (χ1) is 0. The van der Waals surface area contributed by atoms with E-state index >= 15 is 0 Å². The molecule has 0 aliphatic carbocycles. The molecule has 0 heterocycles. The molecule has 0 aromatic carbocycles. The molecule has 0 aromatic rings. The fourth-order valence-electron chi connectivity index (χ4n) is 0. The van der Waals surface area contributed by atoms with E-state index in [4.69, 9.17) is 0 Å². The van der Waals surface area contributed by atoms with Gasteiger partial charge in [0.1, 0.15) is 0 Å². The zero-order valence-electron chi connectivity index (χ0n) is 3.55. The predicted molar refractivity (Wildman–Crippen MR) is 3.43 cm³/mol. The molecule has 0 amide bonds. The molecule has 10 heavy (non-hydrogen) atoms. The molecule has 0 aliphatic rings. The molecule has 0 aromatic heterocycles. The fraction of sp³-hybridized carbons (Fsp3) is 0. The van der Waals surface area contributed by atoms with Gasteiger partial charge in [-0.2, -0.15) is 0 Å². The van der Waals surface area contributed by atoms with E-state index in [-0.39, 0.29) is 139 Å². The number of rotatable bonds is 0. The van der Waals surface area contributed by atoms with Crippen LogP contribution in [0.4, 0.5) is 0 Å². The summed E-state index contributed by atoms with van der Waals surface area (Å²) in [5, 5.41) is 0. The van der Waals surface area contributed by atoms with Crippen molar-refractivity contribution in [3.05, 3.63) is 0 Å². The SMILES string of the molecule is [Ag].[Ag].[Ag].[Ag].[Ag].[O-2].[O-2].[O-2].[O-2].[O-2]. The van der Waals surface area contributed by atoms with Crippen LogP contribution in [0.1, 0.15) is 0 Å². The Morgan fingerprint density at radius 2 is 0.200 bits per heavy atom. The minimum Gasteiger partial charge on any atom is -2.00 e. The van der Waals surface area contributed by atoms with Crippen LogP contribution in [-0.4, -0.2) is 0 Å². The van der Waals surface area contributed by atoms with Crippen LogP contribution < -0.4 is 0 Å². The Balaban J connectivity index is 0. The second-order valence-electron chi connectivity index (χ2n) is 0. The molecule has 0 bridgehead atoms. The van der Waals surface area contributed by atoms with E-state index in [1.807, 2.05) is 0 Å². The van der Waals surface area contributed by atoms with Crippen LogP contribution >= 0.6 is 0 Å². The maximum absolute atomic E-state index is 0. The van der Waals surface area contributed by atoms with Crippen LogP contribution in [0.15, 0.2) is 0 Å². The van der Waals surface area contributed by atoms with E-state index in [9.17, 15) is 0 Å². The molecule has 0 saturated carbocycles. The molecule has 0 rings (SSSR count). The van der Waals surface area contributed by atoms with Crippen molar-refractivity contribution in [1.29, 1.82) is 0 Å². The van der Waals surface area contributed by atoms with E-state index < -0.39 is 0 Å². The van der Waals surface area contributed by atoms with Gasteiger partial charge in [-0.3, -0.25) is 0 Å². The molecule has 5 nitrogen and oxygen atoms in total. The summed E-state index contributed by atoms with van der Waals surface area (Å²) in [6.45, 7) is 0. The molecule has 0 atom stereocenters. The minimum absolute atomic E-state index is 0. The summed E-state index contributed by atoms with van der Waals surface area (Å²) < 4.78 is 0. The van der Waals surface area contributed by atoms with Crippen LogP contribution in [0.25, 0.3) is 0 Å². The van der Waals surface area contributed by atoms with Crippen molar-refractivity contribution >= 4 is 0 Å². The van der Waals surface area contributed by atoms with Gasteiger partial charge in [-0.1, -0.05) is 0 Å². The molecule has 0 saturated heterocycles. The molecule has 0 unspecified atom stereocenters. The average Bonchev–Trinajstić information content (AvgIpc) is 0. The Kier molecular flexibility index (Phi) is 2320. The van der Waals surface area contributed by atoms with Crippen molar-refractivity contribution in [2.75, 3.05) is 0 Å². The maximum Gasteiger partial charge on any atom is 0 e. The van der Waals surface area contributed by atoms with Gasteiger partial charge in [-0.25, -0.2) is 0 Å². The van der Waals surface area contributed by atoms with Crippen molar-refractivity contribution in [3.63, 3.8) is 0 Å². The van der Waals surface area contributed by atoms with E-state index in [2.05, 4.69) is 0 Å². The summed E-state index contributed by atoms with van der Waals surface area (Å²) in [5.74, 6) is 0. The van der Waals surface area contributed by atoms with E-state index in [1.165, 1.54) is 0 Å². The first-order valence-electron chi connectivity index (χ1n) is 0. The van der Waals surface area contributed by atoms with Crippen LogP contribution in [0.2, 0.25) is 0 Å². The summed E-state index contributed by atoms with van der Waals surface area (Å²) in [6, 6.07) is 0. The Hall–Kier alpha value is 3.50. The molecule has 5 radical (unpaired) electrons. The predicted octanol–water partition coefficient (Wildman–Crippen LogP) is -0.607. The third kappa shape index (κ3) is 103. The van der Waals surface area contributed by atoms with E-state index in [1.54, 1.807) is 0 Å². The summed E-state index contributed by atoms with van der Waals surface area (Å²) in [6.07, 6.45) is 0. The van der Waals surface area contributed by atoms with Gasteiger partial charge in [0.05, 0.1) is 0 Å². The second kappa shape index (κ2) is 135. The topological polar surface area (TPSA) is 142 Å². The van der Waals surface area contributed by atoms with Crippen LogP contribution in [0.3, 0.4) is 0 Å². The quantitative estimate of drug-likeness (QED) is 0.320. The molecule has 95 valence electrons. The van der Waals surface area contributed by atoms with Crippen molar-refractivity contribution in [3.8, 4) is 0 Å². The summed E-state index contributed by atoms with van der Waals surface area (Å²) in [4.78, 5) is 0. The van der Waals surface area contributed by atoms with Crippen LogP contribution in [0.5, 0.6) is 0 Å². The standard InChI is InChI=1S/5Ag.5O/q;;;;;5*-2. The van der Waals surface area contributed by atoms with Crippen molar-refractivity contribution in [2.24, 2.45) is 0 Å². The van der Waals surface area contributed by atoms with E-state index in [0.717, 1.165) is 0 Å². The smallest absolute Gasteiger partial charge is 0 e. The summed E-state index contributed by atoms with van der Waals surface area (Å²) in [7, 11) is 0. The summed E-state index contributed by atoms with van der Waals surface area (Å²) >= 11 is 0. The van der Waals surface area contributed by atoms with Crippen LogP contribution in [-0.2, 0) is 139 Å². The molecular formula is Ag5O5-10. The second-order valence-corrected chi connectivity index (χ2v) is 0. The minimum atomic E-state index is 0. The fourth-order valence-corrected chi connectivity index (χ4v) is 0. The van der Waals surface area contributed by atoms with E-state index in [0.29, 0.717) is 0 Å². The monoisotopic (exact) mass is 615 g/mol. The molecule has 0 aliphatic heterocycles. The van der Waals surface area contributed by atoms with Gasteiger partial charge in [0.15, 0.2) is 0 Å². The van der Waals surface area contributed by atoms with Crippen LogP contribution in [0, 0.1) is 0 Å². The maximum atomic E-state index is 0. The Labute approximate surface area is 137 Å².